The normalized spacial score (nSPS) is 32.2. The summed E-state index contributed by atoms with van der Waals surface area (Å²) in [5.74, 6) is 0.127. The van der Waals surface area contributed by atoms with Crippen LogP contribution in [0.4, 0.5) is 0 Å². The zero-order chi connectivity index (χ0) is 7.56. The Kier molecular flexibility index (Phi) is 2.27. The van der Waals surface area contributed by atoms with Gasteiger partial charge in [0.05, 0.1) is 26.2 Å². The average molecular weight is 144 g/mol. The molecular formula is C7H12O3. The highest BCUT2D eigenvalue weighted by atomic mass is 16.5. The molecular weight excluding hydrogens is 132 g/mol. The minimum absolute atomic E-state index is 0.0370. The minimum atomic E-state index is -0.148. The maximum atomic E-state index is 10.9. The van der Waals surface area contributed by atoms with Crippen molar-refractivity contribution in [3.05, 3.63) is 0 Å². The Labute approximate surface area is 60.3 Å². The summed E-state index contributed by atoms with van der Waals surface area (Å²) in [6.45, 7) is 3.20. The number of carbonyl (C=O) groups excluding carboxylic acids is 1. The fourth-order valence-electron chi connectivity index (χ4n) is 1.11. The molecule has 0 bridgehead atoms. The van der Waals surface area contributed by atoms with E-state index in [2.05, 4.69) is 4.74 Å². The predicted octanol–water partition coefficient (Wildman–Crippen LogP) is 0.442. The van der Waals surface area contributed by atoms with Gasteiger partial charge in [0.15, 0.2) is 0 Å². The lowest BCUT2D eigenvalue weighted by Gasteiger charge is -2.08. The summed E-state index contributed by atoms with van der Waals surface area (Å²) in [6, 6.07) is 0. The van der Waals surface area contributed by atoms with E-state index in [-0.39, 0.29) is 11.9 Å². The molecule has 3 heteroatoms. The van der Waals surface area contributed by atoms with Crippen LogP contribution in [0.3, 0.4) is 0 Å². The molecule has 0 aromatic heterocycles. The molecule has 0 aromatic carbocycles. The van der Waals surface area contributed by atoms with E-state index in [9.17, 15) is 4.79 Å². The third-order valence-corrected chi connectivity index (χ3v) is 1.87. The first-order valence-corrected chi connectivity index (χ1v) is 3.41. The van der Waals surface area contributed by atoms with E-state index >= 15 is 0 Å². The van der Waals surface area contributed by atoms with E-state index in [1.165, 1.54) is 7.11 Å². The van der Waals surface area contributed by atoms with Gasteiger partial charge in [-0.25, -0.2) is 0 Å². The SMILES string of the molecule is COC(=O)C1COCC1C. The van der Waals surface area contributed by atoms with Gasteiger partial charge in [0.2, 0.25) is 0 Å². The molecule has 1 aliphatic rings. The van der Waals surface area contributed by atoms with Crippen molar-refractivity contribution in [2.24, 2.45) is 11.8 Å². The highest BCUT2D eigenvalue weighted by Gasteiger charge is 2.31. The summed E-state index contributed by atoms with van der Waals surface area (Å²) < 4.78 is 9.68. The lowest BCUT2D eigenvalue weighted by Crippen LogP contribution is -2.21. The van der Waals surface area contributed by atoms with Crippen LogP contribution in [0.1, 0.15) is 6.92 Å². The molecule has 1 saturated heterocycles. The van der Waals surface area contributed by atoms with Gasteiger partial charge < -0.3 is 9.47 Å². The van der Waals surface area contributed by atoms with Crippen LogP contribution in [0.5, 0.6) is 0 Å². The second-order valence-electron chi connectivity index (χ2n) is 2.64. The predicted molar refractivity (Wildman–Crippen MR) is 35.5 cm³/mol. The number of rotatable bonds is 1. The molecule has 1 heterocycles. The van der Waals surface area contributed by atoms with Crippen LogP contribution in [-0.2, 0) is 14.3 Å². The molecule has 0 spiro atoms. The summed E-state index contributed by atoms with van der Waals surface area (Å²) in [5, 5.41) is 0. The van der Waals surface area contributed by atoms with Gasteiger partial charge in [-0.2, -0.15) is 0 Å². The fraction of sp³-hybridized carbons (Fsp3) is 0.857. The van der Waals surface area contributed by atoms with Crippen molar-refractivity contribution in [3.8, 4) is 0 Å². The molecule has 2 atom stereocenters. The van der Waals surface area contributed by atoms with Crippen LogP contribution < -0.4 is 0 Å². The molecule has 2 unspecified atom stereocenters. The van der Waals surface area contributed by atoms with Gasteiger partial charge in [-0.05, 0) is 5.92 Å². The van der Waals surface area contributed by atoms with Crippen LogP contribution in [0.2, 0.25) is 0 Å². The number of methoxy groups -OCH3 is 1. The van der Waals surface area contributed by atoms with Crippen molar-refractivity contribution < 1.29 is 14.3 Å². The van der Waals surface area contributed by atoms with E-state index in [0.717, 1.165) is 0 Å². The minimum Gasteiger partial charge on any atom is -0.469 e. The van der Waals surface area contributed by atoms with Gasteiger partial charge >= 0.3 is 5.97 Å². The van der Waals surface area contributed by atoms with Crippen LogP contribution in [-0.4, -0.2) is 26.3 Å². The first-order valence-electron chi connectivity index (χ1n) is 3.41. The number of ether oxygens (including phenoxy) is 2. The highest BCUT2D eigenvalue weighted by Crippen LogP contribution is 2.20. The molecule has 3 nitrogen and oxygen atoms in total. The summed E-state index contributed by atoms with van der Waals surface area (Å²) in [7, 11) is 1.41. The number of carbonyl (C=O) groups is 1. The first kappa shape index (κ1) is 7.54. The van der Waals surface area contributed by atoms with Gasteiger partial charge in [0.25, 0.3) is 0 Å². The van der Waals surface area contributed by atoms with E-state index in [0.29, 0.717) is 19.1 Å². The van der Waals surface area contributed by atoms with Gasteiger partial charge in [0.1, 0.15) is 0 Å². The van der Waals surface area contributed by atoms with Crippen LogP contribution >= 0.6 is 0 Å². The molecule has 0 aromatic rings. The summed E-state index contributed by atoms with van der Waals surface area (Å²) in [4.78, 5) is 10.9. The van der Waals surface area contributed by atoms with Gasteiger partial charge in [0, 0.05) is 0 Å². The van der Waals surface area contributed by atoms with Crippen molar-refractivity contribution in [1.29, 1.82) is 0 Å². The molecule has 0 N–H and O–H groups in total. The number of esters is 1. The van der Waals surface area contributed by atoms with Gasteiger partial charge in [-0.1, -0.05) is 6.92 Å². The molecule has 0 radical (unpaired) electrons. The van der Waals surface area contributed by atoms with Crippen molar-refractivity contribution >= 4 is 5.97 Å². The topological polar surface area (TPSA) is 35.5 Å². The molecule has 0 saturated carbocycles. The van der Waals surface area contributed by atoms with Crippen molar-refractivity contribution in [2.45, 2.75) is 6.92 Å². The third-order valence-electron chi connectivity index (χ3n) is 1.87. The molecule has 1 rings (SSSR count). The van der Waals surface area contributed by atoms with E-state index < -0.39 is 0 Å². The first-order chi connectivity index (χ1) is 4.75. The van der Waals surface area contributed by atoms with Crippen molar-refractivity contribution in [3.63, 3.8) is 0 Å². The summed E-state index contributed by atoms with van der Waals surface area (Å²) in [5.41, 5.74) is 0. The molecule has 0 aliphatic carbocycles. The third kappa shape index (κ3) is 1.29. The zero-order valence-corrected chi connectivity index (χ0v) is 6.29. The van der Waals surface area contributed by atoms with Crippen molar-refractivity contribution in [1.82, 2.24) is 0 Å². The Bertz CT molecular complexity index is 133. The highest BCUT2D eigenvalue weighted by molar-refractivity contribution is 5.73. The quantitative estimate of drug-likeness (QED) is 0.501. The van der Waals surface area contributed by atoms with Gasteiger partial charge in [-0.3, -0.25) is 4.79 Å². The largest absolute Gasteiger partial charge is 0.469 e. The molecule has 1 fully saturated rings. The van der Waals surface area contributed by atoms with Gasteiger partial charge in [-0.15, -0.1) is 0 Å². The smallest absolute Gasteiger partial charge is 0.311 e. The lowest BCUT2D eigenvalue weighted by molar-refractivity contribution is -0.146. The zero-order valence-electron chi connectivity index (χ0n) is 6.29. The molecule has 1 aliphatic heterocycles. The second kappa shape index (κ2) is 3.01. The number of hydrogen-bond acceptors (Lipinski definition) is 3. The fourth-order valence-corrected chi connectivity index (χ4v) is 1.11. The average Bonchev–Trinajstić information content (AvgIpc) is 2.34. The maximum Gasteiger partial charge on any atom is 0.311 e. The summed E-state index contributed by atoms with van der Waals surface area (Å²) in [6.07, 6.45) is 0. The number of hydrogen-bond donors (Lipinski definition) is 0. The Morgan fingerprint density at radius 1 is 1.60 bits per heavy atom. The Morgan fingerprint density at radius 3 is 2.70 bits per heavy atom. The van der Waals surface area contributed by atoms with Crippen LogP contribution in [0.15, 0.2) is 0 Å². The molecule has 0 amide bonds. The summed E-state index contributed by atoms with van der Waals surface area (Å²) >= 11 is 0. The Hall–Kier alpha value is -0.570. The standard InChI is InChI=1S/C7H12O3/c1-5-3-10-4-6(5)7(8)9-2/h5-6H,3-4H2,1-2H3. The van der Waals surface area contributed by atoms with Crippen LogP contribution in [0.25, 0.3) is 0 Å². The second-order valence-corrected chi connectivity index (χ2v) is 2.64. The lowest BCUT2D eigenvalue weighted by atomic mass is 9.99. The van der Waals surface area contributed by atoms with Crippen molar-refractivity contribution in [2.75, 3.05) is 20.3 Å². The van der Waals surface area contributed by atoms with E-state index in [1.807, 2.05) is 6.92 Å². The van der Waals surface area contributed by atoms with E-state index in [4.69, 9.17) is 4.74 Å². The Morgan fingerprint density at radius 2 is 2.30 bits per heavy atom. The maximum absolute atomic E-state index is 10.9. The Balaban J connectivity index is 2.46. The molecule has 10 heavy (non-hydrogen) atoms. The molecule has 58 valence electrons. The monoisotopic (exact) mass is 144 g/mol. The van der Waals surface area contributed by atoms with Crippen LogP contribution in [0, 0.1) is 11.8 Å². The van der Waals surface area contributed by atoms with E-state index in [1.54, 1.807) is 0 Å².